The summed E-state index contributed by atoms with van der Waals surface area (Å²) < 4.78 is 4.74. The van der Waals surface area contributed by atoms with Gasteiger partial charge in [-0.05, 0) is 0 Å². The lowest BCUT2D eigenvalue weighted by molar-refractivity contribution is -0.144. The molecule has 0 aromatic carbocycles. The van der Waals surface area contributed by atoms with E-state index in [1.54, 1.807) is 0 Å². The van der Waals surface area contributed by atoms with Crippen LogP contribution >= 0.6 is 21.6 Å². The lowest BCUT2D eigenvalue weighted by Gasteiger charge is -2.10. The average molecular weight is 283 g/mol. The van der Waals surface area contributed by atoms with E-state index in [1.165, 1.54) is 21.6 Å². The molecule has 2 atom stereocenters. The number of ether oxygens (including phenoxy) is 1. The van der Waals surface area contributed by atoms with Crippen molar-refractivity contribution in [3.05, 3.63) is 0 Å². The lowest BCUT2D eigenvalue weighted by Crippen LogP contribution is -2.35. The van der Waals surface area contributed by atoms with Gasteiger partial charge in [0.1, 0.15) is 18.7 Å². The monoisotopic (exact) mass is 283 g/mol. The van der Waals surface area contributed by atoms with Gasteiger partial charge in [0, 0.05) is 18.1 Å². The van der Waals surface area contributed by atoms with Crippen LogP contribution < -0.4 is 17.2 Å². The molecule has 100 valence electrons. The summed E-state index contributed by atoms with van der Waals surface area (Å²) in [5.41, 5.74) is 16.0. The molecule has 0 bridgehead atoms. The molecule has 0 aromatic heterocycles. The number of carbonyl (C=O) groups is 2. The van der Waals surface area contributed by atoms with Crippen LogP contribution in [0, 0.1) is 0 Å². The van der Waals surface area contributed by atoms with Crippen LogP contribution in [0.4, 0.5) is 0 Å². The number of hydrogen-bond acceptors (Lipinski definition) is 8. The highest BCUT2D eigenvalue weighted by molar-refractivity contribution is 8.76. The maximum atomic E-state index is 11.2. The van der Waals surface area contributed by atoms with E-state index in [1.807, 2.05) is 0 Å². The van der Waals surface area contributed by atoms with Crippen molar-refractivity contribution in [3.8, 4) is 0 Å². The molecule has 0 fully saturated rings. The summed E-state index contributed by atoms with van der Waals surface area (Å²) in [4.78, 5) is 21.6. The van der Waals surface area contributed by atoms with Gasteiger partial charge >= 0.3 is 11.9 Å². The van der Waals surface area contributed by atoms with E-state index in [4.69, 9.17) is 27.0 Å². The molecule has 0 aromatic rings. The molecule has 7 N–H and O–H groups in total. The molecule has 17 heavy (non-hydrogen) atoms. The summed E-state index contributed by atoms with van der Waals surface area (Å²) in [7, 11) is 2.54. The van der Waals surface area contributed by atoms with Crippen molar-refractivity contribution in [2.24, 2.45) is 17.2 Å². The predicted molar refractivity (Wildman–Crippen MR) is 68.5 cm³/mol. The van der Waals surface area contributed by atoms with E-state index < -0.39 is 24.0 Å². The summed E-state index contributed by atoms with van der Waals surface area (Å²) >= 11 is 0. The van der Waals surface area contributed by atoms with Gasteiger partial charge in [-0.3, -0.25) is 9.59 Å². The van der Waals surface area contributed by atoms with Crippen molar-refractivity contribution >= 4 is 33.5 Å². The third kappa shape index (κ3) is 8.27. The molecular formula is C8H17N3O4S2. The quantitative estimate of drug-likeness (QED) is 0.228. The second-order valence-corrected chi connectivity index (χ2v) is 5.63. The first-order valence-electron chi connectivity index (χ1n) is 4.84. The Hall–Kier alpha value is -0.480. The Morgan fingerprint density at radius 1 is 1.18 bits per heavy atom. The Balaban J connectivity index is 3.60. The fourth-order valence-electron chi connectivity index (χ4n) is 0.649. The molecule has 0 rings (SSSR count). The van der Waals surface area contributed by atoms with E-state index in [9.17, 15) is 9.59 Å². The zero-order chi connectivity index (χ0) is 13.3. The van der Waals surface area contributed by atoms with Gasteiger partial charge in [0.2, 0.25) is 0 Å². The van der Waals surface area contributed by atoms with Gasteiger partial charge in [-0.2, -0.15) is 0 Å². The Labute approximate surface area is 107 Å². The number of carboxylic acids is 1. The summed E-state index contributed by atoms with van der Waals surface area (Å²) in [6, 6.07) is -1.65. The van der Waals surface area contributed by atoms with Crippen molar-refractivity contribution in [2.75, 3.05) is 24.7 Å². The van der Waals surface area contributed by atoms with E-state index in [-0.39, 0.29) is 18.9 Å². The SMILES string of the molecule is NCCOC(=O)[C@@H](N)CSSC[C@@H](N)C(=O)O. The second kappa shape index (κ2) is 9.54. The minimum absolute atomic E-state index is 0.147. The number of carboxylic acid groups (broad SMARTS) is 1. The van der Waals surface area contributed by atoms with Crippen molar-refractivity contribution in [2.45, 2.75) is 12.1 Å². The molecule has 0 aliphatic carbocycles. The maximum Gasteiger partial charge on any atom is 0.323 e. The van der Waals surface area contributed by atoms with Gasteiger partial charge in [0.25, 0.3) is 0 Å². The van der Waals surface area contributed by atoms with E-state index >= 15 is 0 Å². The van der Waals surface area contributed by atoms with Gasteiger partial charge in [0.05, 0.1) is 0 Å². The lowest BCUT2D eigenvalue weighted by atomic mass is 10.4. The third-order valence-electron chi connectivity index (χ3n) is 1.56. The minimum Gasteiger partial charge on any atom is -0.480 e. The molecule has 0 saturated heterocycles. The molecule has 7 nitrogen and oxygen atoms in total. The number of hydrogen-bond donors (Lipinski definition) is 4. The average Bonchev–Trinajstić information content (AvgIpc) is 2.30. The van der Waals surface area contributed by atoms with Crippen LogP contribution in [0.5, 0.6) is 0 Å². The zero-order valence-corrected chi connectivity index (χ0v) is 10.8. The van der Waals surface area contributed by atoms with Crippen molar-refractivity contribution < 1.29 is 19.4 Å². The number of esters is 1. The van der Waals surface area contributed by atoms with Crippen LogP contribution in [0.15, 0.2) is 0 Å². The van der Waals surface area contributed by atoms with Gasteiger partial charge in [-0.25, -0.2) is 0 Å². The van der Waals surface area contributed by atoms with Gasteiger partial charge in [-0.1, -0.05) is 21.6 Å². The fourth-order valence-corrected chi connectivity index (χ4v) is 2.87. The van der Waals surface area contributed by atoms with E-state index in [0.29, 0.717) is 5.75 Å². The highest BCUT2D eigenvalue weighted by Crippen LogP contribution is 2.22. The Morgan fingerprint density at radius 2 is 1.71 bits per heavy atom. The first kappa shape index (κ1) is 16.5. The van der Waals surface area contributed by atoms with Crippen LogP contribution in [0.25, 0.3) is 0 Å². The van der Waals surface area contributed by atoms with Crippen LogP contribution in [0.2, 0.25) is 0 Å². The van der Waals surface area contributed by atoms with Crippen molar-refractivity contribution in [1.82, 2.24) is 0 Å². The minimum atomic E-state index is -1.05. The highest BCUT2D eigenvalue weighted by atomic mass is 33.1. The third-order valence-corrected chi connectivity index (χ3v) is 4.03. The number of aliphatic carboxylic acids is 1. The Bertz CT molecular complexity index is 255. The molecule has 0 saturated carbocycles. The normalized spacial score (nSPS) is 14.1. The maximum absolute atomic E-state index is 11.2. The zero-order valence-electron chi connectivity index (χ0n) is 9.20. The largest absolute Gasteiger partial charge is 0.480 e. The Kier molecular flexibility index (Phi) is 9.27. The van der Waals surface area contributed by atoms with Gasteiger partial charge < -0.3 is 27.0 Å². The summed E-state index contributed by atoms with van der Waals surface area (Å²) in [6.07, 6.45) is 0. The van der Waals surface area contributed by atoms with Gasteiger partial charge in [-0.15, -0.1) is 0 Å². The van der Waals surface area contributed by atoms with Crippen LogP contribution in [-0.2, 0) is 14.3 Å². The highest BCUT2D eigenvalue weighted by Gasteiger charge is 2.16. The van der Waals surface area contributed by atoms with E-state index in [2.05, 4.69) is 0 Å². The van der Waals surface area contributed by atoms with Gasteiger partial charge in [0.15, 0.2) is 0 Å². The summed E-state index contributed by atoms with van der Waals surface area (Å²) in [5, 5.41) is 8.52. The van der Waals surface area contributed by atoms with Crippen LogP contribution in [-0.4, -0.2) is 53.8 Å². The predicted octanol–water partition coefficient (Wildman–Crippen LogP) is -1.39. The van der Waals surface area contributed by atoms with Crippen LogP contribution in [0.3, 0.4) is 0 Å². The first-order valence-corrected chi connectivity index (χ1v) is 7.33. The summed E-state index contributed by atoms with van der Waals surface area (Å²) in [5.74, 6) is -0.971. The smallest absolute Gasteiger partial charge is 0.323 e. The molecule has 0 aliphatic rings. The molecule has 0 radical (unpaired) electrons. The van der Waals surface area contributed by atoms with Crippen molar-refractivity contribution in [3.63, 3.8) is 0 Å². The standard InChI is InChI=1S/C8H17N3O4S2/c9-1-2-15-8(14)6(11)4-17-16-3-5(10)7(12)13/h5-6H,1-4,9-11H2,(H,12,13)/t5-,6+/m1/s1. The first-order chi connectivity index (χ1) is 7.99. The molecule has 9 heteroatoms. The summed E-state index contributed by atoms with van der Waals surface area (Å²) in [6.45, 7) is 0.405. The number of nitrogens with two attached hydrogens (primary N) is 3. The molecular weight excluding hydrogens is 266 g/mol. The topological polar surface area (TPSA) is 142 Å². The molecule has 0 aliphatic heterocycles. The fraction of sp³-hybridized carbons (Fsp3) is 0.750. The molecule has 0 spiro atoms. The van der Waals surface area contributed by atoms with Crippen LogP contribution in [0.1, 0.15) is 0 Å². The Morgan fingerprint density at radius 3 is 2.18 bits per heavy atom. The molecule has 0 amide bonds. The van der Waals surface area contributed by atoms with E-state index in [0.717, 1.165) is 0 Å². The number of carbonyl (C=O) groups excluding carboxylic acids is 1. The van der Waals surface area contributed by atoms with Crippen molar-refractivity contribution in [1.29, 1.82) is 0 Å². The molecule has 0 heterocycles. The molecule has 0 unspecified atom stereocenters. The second-order valence-electron chi connectivity index (χ2n) is 3.08. The number of rotatable bonds is 9.